The number of urea groups is 1. The molecule has 1 unspecified atom stereocenters. The second kappa shape index (κ2) is 8.96. The van der Waals surface area contributed by atoms with E-state index in [1.54, 1.807) is 29.6 Å². The molecule has 2 aromatic carbocycles. The van der Waals surface area contributed by atoms with Crippen molar-refractivity contribution < 1.29 is 14.4 Å². The highest BCUT2D eigenvalue weighted by Gasteiger charge is 2.51. The standard InChI is InChI=1S/C24H23ClN4O3S/c1-4-24(17-8-10-18(25)11-9-17)21(31)28(22(32)27-24)13-19-14-33-23(26-19)29(16(3)30)20-7-5-6-15(2)12-20/h5-12,14H,4,13H2,1-3H3,(H,27,32). The molecule has 33 heavy (non-hydrogen) atoms. The fourth-order valence-corrected chi connectivity index (χ4v) is 4.98. The summed E-state index contributed by atoms with van der Waals surface area (Å²) in [5, 5.41) is 5.65. The Morgan fingerprint density at radius 1 is 1.21 bits per heavy atom. The summed E-state index contributed by atoms with van der Waals surface area (Å²) in [6.45, 7) is 5.29. The number of imide groups is 1. The van der Waals surface area contributed by atoms with Crippen LogP contribution in [-0.2, 0) is 21.7 Å². The van der Waals surface area contributed by atoms with Gasteiger partial charge in [-0.25, -0.2) is 9.78 Å². The van der Waals surface area contributed by atoms with Crippen LogP contribution in [0.1, 0.15) is 37.1 Å². The van der Waals surface area contributed by atoms with Gasteiger partial charge in [-0.05, 0) is 48.7 Å². The van der Waals surface area contributed by atoms with E-state index >= 15 is 0 Å². The Hall–Kier alpha value is -3.23. The maximum atomic E-state index is 13.4. The Morgan fingerprint density at radius 3 is 2.58 bits per heavy atom. The summed E-state index contributed by atoms with van der Waals surface area (Å²) in [7, 11) is 0. The van der Waals surface area contributed by atoms with Gasteiger partial charge in [0, 0.05) is 17.3 Å². The lowest BCUT2D eigenvalue weighted by atomic mass is 9.87. The minimum atomic E-state index is -1.15. The molecule has 4 amide bonds. The molecule has 0 spiro atoms. The van der Waals surface area contributed by atoms with Gasteiger partial charge in [0.15, 0.2) is 5.13 Å². The van der Waals surface area contributed by atoms with Crippen molar-refractivity contribution in [2.24, 2.45) is 0 Å². The fourth-order valence-electron chi connectivity index (χ4n) is 3.97. The van der Waals surface area contributed by atoms with E-state index in [-0.39, 0.29) is 18.4 Å². The van der Waals surface area contributed by atoms with Crippen molar-refractivity contribution in [1.82, 2.24) is 15.2 Å². The molecule has 0 bridgehead atoms. The number of carbonyl (C=O) groups excluding carboxylic acids is 3. The second-order valence-corrected chi connectivity index (χ2v) is 9.18. The topological polar surface area (TPSA) is 82.6 Å². The van der Waals surface area contributed by atoms with Crippen molar-refractivity contribution in [2.45, 2.75) is 39.3 Å². The van der Waals surface area contributed by atoms with Crippen LogP contribution in [0.4, 0.5) is 15.6 Å². The summed E-state index contributed by atoms with van der Waals surface area (Å²) in [4.78, 5) is 45.8. The lowest BCUT2D eigenvalue weighted by molar-refractivity contribution is -0.132. The molecule has 170 valence electrons. The highest BCUT2D eigenvalue weighted by Crippen LogP contribution is 2.35. The number of carbonyl (C=O) groups is 3. The molecule has 3 aromatic rings. The molecule has 9 heteroatoms. The monoisotopic (exact) mass is 482 g/mol. The normalized spacial score (nSPS) is 17.9. The van der Waals surface area contributed by atoms with Gasteiger partial charge >= 0.3 is 6.03 Å². The number of anilines is 2. The number of amides is 4. The number of halogens is 1. The summed E-state index contributed by atoms with van der Waals surface area (Å²) < 4.78 is 0. The number of nitrogens with one attached hydrogen (secondary N) is 1. The van der Waals surface area contributed by atoms with Crippen LogP contribution in [0.5, 0.6) is 0 Å². The van der Waals surface area contributed by atoms with Crippen LogP contribution in [0.2, 0.25) is 5.02 Å². The number of aryl methyl sites for hydroxylation is 1. The summed E-state index contributed by atoms with van der Waals surface area (Å²) >= 11 is 7.28. The smallest absolute Gasteiger partial charge is 0.319 e. The first-order chi connectivity index (χ1) is 15.7. The second-order valence-electron chi connectivity index (χ2n) is 7.90. The molecule has 0 aliphatic carbocycles. The molecule has 1 atom stereocenters. The first-order valence-electron chi connectivity index (χ1n) is 10.5. The lowest BCUT2D eigenvalue weighted by Gasteiger charge is -2.25. The Kier molecular flexibility index (Phi) is 6.23. The largest absolute Gasteiger partial charge is 0.325 e. The summed E-state index contributed by atoms with van der Waals surface area (Å²) in [5.41, 5.74) is 1.80. The third-order valence-electron chi connectivity index (χ3n) is 5.67. The van der Waals surface area contributed by atoms with E-state index in [0.717, 1.165) is 5.56 Å². The van der Waals surface area contributed by atoms with Gasteiger partial charge in [0.1, 0.15) is 5.54 Å². The summed E-state index contributed by atoms with van der Waals surface area (Å²) in [6.07, 6.45) is 0.392. The van der Waals surface area contributed by atoms with Gasteiger partial charge in [0.25, 0.3) is 5.91 Å². The van der Waals surface area contributed by atoms with E-state index in [2.05, 4.69) is 10.3 Å². The molecule has 1 N–H and O–H groups in total. The zero-order valence-electron chi connectivity index (χ0n) is 18.5. The number of hydrogen-bond acceptors (Lipinski definition) is 5. The number of aromatic nitrogens is 1. The van der Waals surface area contributed by atoms with Crippen molar-refractivity contribution in [2.75, 3.05) is 4.90 Å². The average Bonchev–Trinajstić information content (AvgIpc) is 3.32. The maximum absolute atomic E-state index is 13.4. The van der Waals surface area contributed by atoms with Crippen LogP contribution >= 0.6 is 22.9 Å². The minimum Gasteiger partial charge on any atom is -0.319 e. The number of benzene rings is 2. The van der Waals surface area contributed by atoms with Gasteiger partial charge in [-0.2, -0.15) is 0 Å². The average molecular weight is 483 g/mol. The number of nitrogens with zero attached hydrogens (tertiary/aromatic N) is 3. The van der Waals surface area contributed by atoms with Crippen LogP contribution < -0.4 is 10.2 Å². The Labute approximate surface area is 201 Å². The molecule has 1 fully saturated rings. The first kappa shape index (κ1) is 22.9. The quantitative estimate of drug-likeness (QED) is 0.493. The lowest BCUT2D eigenvalue weighted by Crippen LogP contribution is -2.43. The van der Waals surface area contributed by atoms with Crippen molar-refractivity contribution in [1.29, 1.82) is 0 Å². The molecule has 1 aliphatic rings. The van der Waals surface area contributed by atoms with Gasteiger partial charge in [0.05, 0.1) is 17.9 Å². The van der Waals surface area contributed by atoms with E-state index in [9.17, 15) is 14.4 Å². The van der Waals surface area contributed by atoms with Crippen molar-refractivity contribution in [3.05, 3.63) is 75.8 Å². The van der Waals surface area contributed by atoms with Crippen LogP contribution in [-0.4, -0.2) is 27.7 Å². The maximum Gasteiger partial charge on any atom is 0.325 e. The molecule has 4 rings (SSSR count). The summed E-state index contributed by atoms with van der Waals surface area (Å²) in [6, 6.07) is 14.0. The zero-order chi connectivity index (χ0) is 23.8. The van der Waals surface area contributed by atoms with Gasteiger partial charge in [-0.1, -0.05) is 42.8 Å². The molecule has 7 nitrogen and oxygen atoms in total. The van der Waals surface area contributed by atoms with E-state index in [4.69, 9.17) is 11.6 Å². The third kappa shape index (κ3) is 4.24. The van der Waals surface area contributed by atoms with Gasteiger partial charge in [-0.3, -0.25) is 19.4 Å². The number of rotatable bonds is 6. The SMILES string of the molecule is CCC1(c2ccc(Cl)cc2)NC(=O)N(Cc2csc(N(C(C)=O)c3cccc(C)c3)n2)C1=O. The van der Waals surface area contributed by atoms with Gasteiger partial charge in [-0.15, -0.1) is 11.3 Å². The van der Waals surface area contributed by atoms with Crippen molar-refractivity contribution in [3.63, 3.8) is 0 Å². The molecule has 2 heterocycles. The number of hydrogen-bond donors (Lipinski definition) is 1. The molecule has 1 aromatic heterocycles. The fraction of sp³-hybridized carbons (Fsp3) is 0.250. The number of thiazole rings is 1. The Morgan fingerprint density at radius 2 is 1.94 bits per heavy atom. The van der Waals surface area contributed by atoms with Crippen LogP contribution in [0.3, 0.4) is 0 Å². The Bertz CT molecular complexity index is 1230. The van der Waals surface area contributed by atoms with Gasteiger partial charge in [0.2, 0.25) is 5.91 Å². The Balaban J connectivity index is 1.60. The predicted molar refractivity (Wildman–Crippen MR) is 129 cm³/mol. The molecular formula is C24H23ClN4O3S. The van der Waals surface area contributed by atoms with Crippen molar-refractivity contribution in [3.8, 4) is 0 Å². The third-order valence-corrected chi connectivity index (χ3v) is 6.80. The van der Waals surface area contributed by atoms with Crippen LogP contribution in [0.15, 0.2) is 53.9 Å². The van der Waals surface area contributed by atoms with Crippen molar-refractivity contribution >= 4 is 51.6 Å². The molecule has 1 aliphatic heterocycles. The minimum absolute atomic E-state index is 0.00999. The molecule has 0 saturated carbocycles. The predicted octanol–water partition coefficient (Wildman–Crippen LogP) is 5.15. The summed E-state index contributed by atoms with van der Waals surface area (Å²) in [5.74, 6) is -0.516. The zero-order valence-corrected chi connectivity index (χ0v) is 20.0. The molecular weight excluding hydrogens is 460 g/mol. The van der Waals surface area contributed by atoms with E-state index in [0.29, 0.717) is 33.5 Å². The van der Waals surface area contributed by atoms with E-state index in [1.807, 2.05) is 38.1 Å². The highest BCUT2D eigenvalue weighted by atomic mass is 35.5. The van der Waals surface area contributed by atoms with E-state index < -0.39 is 11.6 Å². The highest BCUT2D eigenvalue weighted by molar-refractivity contribution is 7.14. The van der Waals surface area contributed by atoms with Gasteiger partial charge < -0.3 is 5.32 Å². The van der Waals surface area contributed by atoms with Crippen LogP contribution in [0, 0.1) is 6.92 Å². The molecule has 1 saturated heterocycles. The first-order valence-corrected chi connectivity index (χ1v) is 11.7. The van der Waals surface area contributed by atoms with E-state index in [1.165, 1.54) is 28.1 Å². The van der Waals surface area contributed by atoms with Crippen LogP contribution in [0.25, 0.3) is 0 Å². The molecule has 0 radical (unpaired) electrons.